The van der Waals surface area contributed by atoms with E-state index in [-0.39, 0.29) is 0 Å². The zero-order valence-corrected chi connectivity index (χ0v) is 11.9. The summed E-state index contributed by atoms with van der Waals surface area (Å²) in [4.78, 5) is 8.65. The minimum atomic E-state index is 0.723. The minimum absolute atomic E-state index is 0.723. The lowest BCUT2D eigenvalue weighted by atomic mass is 10.0. The van der Waals surface area contributed by atoms with Crippen molar-refractivity contribution in [3.63, 3.8) is 0 Å². The molecule has 0 aromatic carbocycles. The first-order valence-electron chi connectivity index (χ1n) is 6.54. The SMILES string of the molecule is CNCc1sc(CN2CCCCC2C)nc1C. The number of hydrogen-bond acceptors (Lipinski definition) is 4. The standard InChI is InChI=1S/C13H23N3S/c1-10-6-4-5-7-16(10)9-13-15-11(2)12(17-13)8-14-3/h10,14H,4-9H2,1-3H3. The third-order valence-electron chi connectivity index (χ3n) is 3.55. The number of aromatic nitrogens is 1. The lowest BCUT2D eigenvalue weighted by Gasteiger charge is -2.32. The van der Waals surface area contributed by atoms with Crippen LogP contribution in [0.5, 0.6) is 0 Å². The Balaban J connectivity index is 2.00. The first-order chi connectivity index (χ1) is 8.20. The maximum absolute atomic E-state index is 4.69. The molecule has 1 aromatic heterocycles. The van der Waals surface area contributed by atoms with E-state index in [4.69, 9.17) is 4.98 Å². The highest BCUT2D eigenvalue weighted by molar-refractivity contribution is 7.11. The van der Waals surface area contributed by atoms with E-state index in [2.05, 4.69) is 24.1 Å². The average molecular weight is 253 g/mol. The van der Waals surface area contributed by atoms with Crippen molar-refractivity contribution in [3.05, 3.63) is 15.6 Å². The van der Waals surface area contributed by atoms with E-state index in [9.17, 15) is 0 Å². The third kappa shape index (κ3) is 3.27. The van der Waals surface area contributed by atoms with Gasteiger partial charge in [0.05, 0.1) is 12.2 Å². The van der Waals surface area contributed by atoms with Gasteiger partial charge in [0.1, 0.15) is 5.01 Å². The van der Waals surface area contributed by atoms with Gasteiger partial charge in [-0.1, -0.05) is 6.42 Å². The molecule has 1 unspecified atom stereocenters. The van der Waals surface area contributed by atoms with Gasteiger partial charge in [0.2, 0.25) is 0 Å². The zero-order chi connectivity index (χ0) is 12.3. The molecule has 1 aromatic rings. The second-order valence-electron chi connectivity index (χ2n) is 4.96. The Morgan fingerprint density at radius 1 is 1.47 bits per heavy atom. The van der Waals surface area contributed by atoms with Gasteiger partial charge in [0.25, 0.3) is 0 Å². The van der Waals surface area contributed by atoms with Crippen LogP contribution >= 0.6 is 11.3 Å². The number of aryl methyl sites for hydroxylation is 1. The molecule has 3 nitrogen and oxygen atoms in total. The topological polar surface area (TPSA) is 28.2 Å². The van der Waals surface area contributed by atoms with Gasteiger partial charge < -0.3 is 5.32 Å². The summed E-state index contributed by atoms with van der Waals surface area (Å²) in [6.07, 6.45) is 4.07. The number of thiazole rings is 1. The van der Waals surface area contributed by atoms with E-state index < -0.39 is 0 Å². The van der Waals surface area contributed by atoms with Crippen molar-refractivity contribution in [1.82, 2.24) is 15.2 Å². The van der Waals surface area contributed by atoms with Crippen molar-refractivity contribution in [3.8, 4) is 0 Å². The van der Waals surface area contributed by atoms with Gasteiger partial charge in [-0.05, 0) is 40.3 Å². The van der Waals surface area contributed by atoms with Crippen LogP contribution in [0.2, 0.25) is 0 Å². The second-order valence-corrected chi connectivity index (χ2v) is 6.13. The Kier molecular flexibility index (Phi) is 4.54. The maximum atomic E-state index is 4.69. The van der Waals surface area contributed by atoms with Crippen molar-refractivity contribution in [2.45, 2.75) is 52.2 Å². The van der Waals surface area contributed by atoms with Gasteiger partial charge in [-0.2, -0.15) is 0 Å². The number of likely N-dealkylation sites (tertiary alicyclic amines) is 1. The summed E-state index contributed by atoms with van der Waals surface area (Å²) in [5.41, 5.74) is 1.20. The quantitative estimate of drug-likeness (QED) is 0.894. The van der Waals surface area contributed by atoms with Crippen molar-refractivity contribution in [2.75, 3.05) is 13.6 Å². The lowest BCUT2D eigenvalue weighted by molar-refractivity contribution is 0.152. The molecule has 0 aliphatic carbocycles. The molecule has 1 fully saturated rings. The van der Waals surface area contributed by atoms with Crippen LogP contribution in [0.15, 0.2) is 0 Å². The molecule has 2 rings (SSSR count). The lowest BCUT2D eigenvalue weighted by Crippen LogP contribution is -2.36. The molecule has 1 atom stereocenters. The number of nitrogens with zero attached hydrogens (tertiary/aromatic N) is 2. The van der Waals surface area contributed by atoms with Crippen molar-refractivity contribution >= 4 is 11.3 Å². The van der Waals surface area contributed by atoms with Crippen molar-refractivity contribution in [2.24, 2.45) is 0 Å². The van der Waals surface area contributed by atoms with Crippen LogP contribution in [-0.4, -0.2) is 29.5 Å². The van der Waals surface area contributed by atoms with Gasteiger partial charge in [0.15, 0.2) is 0 Å². The summed E-state index contributed by atoms with van der Waals surface area (Å²) in [7, 11) is 1.99. The highest BCUT2D eigenvalue weighted by Gasteiger charge is 2.19. The molecule has 0 saturated carbocycles. The monoisotopic (exact) mass is 253 g/mol. The molecule has 1 aliphatic rings. The molecule has 0 spiro atoms. The van der Waals surface area contributed by atoms with Gasteiger partial charge >= 0.3 is 0 Å². The van der Waals surface area contributed by atoms with Crippen molar-refractivity contribution < 1.29 is 0 Å². The van der Waals surface area contributed by atoms with Crippen LogP contribution in [0, 0.1) is 6.92 Å². The molecule has 1 N–H and O–H groups in total. The highest BCUT2D eigenvalue weighted by Crippen LogP contribution is 2.23. The summed E-state index contributed by atoms with van der Waals surface area (Å²) in [6, 6.07) is 0.723. The normalized spacial score (nSPS) is 21.9. The molecule has 1 aliphatic heterocycles. The molecular formula is C13H23N3S. The molecule has 0 amide bonds. The number of piperidine rings is 1. The smallest absolute Gasteiger partial charge is 0.107 e. The summed E-state index contributed by atoms with van der Waals surface area (Å²) < 4.78 is 0. The van der Waals surface area contributed by atoms with Crippen LogP contribution in [0.3, 0.4) is 0 Å². The number of hydrogen-bond donors (Lipinski definition) is 1. The Morgan fingerprint density at radius 2 is 2.29 bits per heavy atom. The van der Waals surface area contributed by atoms with E-state index in [0.29, 0.717) is 0 Å². The Bertz CT molecular complexity index is 362. The molecule has 4 heteroatoms. The molecule has 0 radical (unpaired) electrons. The van der Waals surface area contributed by atoms with E-state index in [0.717, 1.165) is 19.1 Å². The van der Waals surface area contributed by atoms with Gasteiger partial charge in [-0.3, -0.25) is 4.90 Å². The second kappa shape index (κ2) is 5.94. The Labute approximate surface area is 108 Å². The van der Waals surface area contributed by atoms with E-state index in [1.807, 2.05) is 18.4 Å². The van der Waals surface area contributed by atoms with Crippen LogP contribution in [-0.2, 0) is 13.1 Å². The molecule has 96 valence electrons. The Morgan fingerprint density at radius 3 is 3.00 bits per heavy atom. The summed E-state index contributed by atoms with van der Waals surface area (Å²) >= 11 is 1.86. The summed E-state index contributed by atoms with van der Waals surface area (Å²) in [6.45, 7) is 7.68. The van der Waals surface area contributed by atoms with Crippen LogP contribution in [0.4, 0.5) is 0 Å². The fourth-order valence-corrected chi connectivity index (χ4v) is 3.55. The largest absolute Gasteiger partial charge is 0.315 e. The van der Waals surface area contributed by atoms with Crippen LogP contribution in [0.1, 0.15) is 41.8 Å². The minimum Gasteiger partial charge on any atom is -0.315 e. The third-order valence-corrected chi connectivity index (χ3v) is 4.70. The first-order valence-corrected chi connectivity index (χ1v) is 7.36. The zero-order valence-electron chi connectivity index (χ0n) is 11.1. The Hall–Kier alpha value is -0.450. The number of nitrogens with one attached hydrogen (secondary N) is 1. The van der Waals surface area contributed by atoms with Gasteiger partial charge in [-0.15, -0.1) is 11.3 Å². The maximum Gasteiger partial charge on any atom is 0.107 e. The molecular weight excluding hydrogens is 230 g/mol. The highest BCUT2D eigenvalue weighted by atomic mass is 32.1. The summed E-state index contributed by atoms with van der Waals surface area (Å²) in [5.74, 6) is 0. The summed E-state index contributed by atoms with van der Waals surface area (Å²) in [5, 5.41) is 4.49. The van der Waals surface area contributed by atoms with Crippen LogP contribution < -0.4 is 5.32 Å². The fourth-order valence-electron chi connectivity index (χ4n) is 2.45. The predicted molar refractivity (Wildman–Crippen MR) is 73.3 cm³/mol. The first kappa shape index (κ1) is 13.0. The van der Waals surface area contributed by atoms with Crippen LogP contribution in [0.25, 0.3) is 0 Å². The molecule has 0 bridgehead atoms. The predicted octanol–water partition coefficient (Wildman–Crippen LogP) is 2.55. The molecule has 2 heterocycles. The fraction of sp³-hybridized carbons (Fsp3) is 0.769. The average Bonchev–Trinajstić information content (AvgIpc) is 2.63. The van der Waals surface area contributed by atoms with E-state index >= 15 is 0 Å². The van der Waals surface area contributed by atoms with E-state index in [1.54, 1.807) is 0 Å². The van der Waals surface area contributed by atoms with Gasteiger partial charge in [-0.25, -0.2) is 4.98 Å². The molecule has 1 saturated heterocycles. The van der Waals surface area contributed by atoms with Gasteiger partial charge in [0, 0.05) is 17.5 Å². The van der Waals surface area contributed by atoms with E-state index in [1.165, 1.54) is 41.4 Å². The molecule has 17 heavy (non-hydrogen) atoms. The number of rotatable bonds is 4. The van der Waals surface area contributed by atoms with Crippen molar-refractivity contribution in [1.29, 1.82) is 0 Å².